The van der Waals surface area contributed by atoms with Crippen LogP contribution in [0.1, 0.15) is 55.6 Å². The van der Waals surface area contributed by atoms with Crippen molar-refractivity contribution < 1.29 is 4.79 Å². The predicted molar refractivity (Wildman–Crippen MR) is 82.4 cm³/mol. The Bertz CT molecular complexity index is 528. The fourth-order valence-corrected chi connectivity index (χ4v) is 3.41. The number of aromatic nitrogens is 2. The maximum absolute atomic E-state index is 12.1. The van der Waals surface area contributed by atoms with Crippen molar-refractivity contribution in [2.45, 2.75) is 52.5 Å². The average Bonchev–Trinajstić information content (AvgIpc) is 3.03. The molecule has 0 spiro atoms. The number of fused-ring (bicyclic) bond motifs is 1. The molecule has 0 radical (unpaired) electrons. The van der Waals surface area contributed by atoms with E-state index >= 15 is 0 Å². The second-order valence-corrected chi connectivity index (χ2v) is 7.33. The van der Waals surface area contributed by atoms with E-state index < -0.39 is 0 Å². The van der Waals surface area contributed by atoms with Crippen molar-refractivity contribution in [2.75, 3.05) is 19.6 Å². The number of carbonyl (C=O) groups excluding carboxylic acids is 1. The van der Waals surface area contributed by atoms with Crippen molar-refractivity contribution in [2.24, 2.45) is 5.41 Å². The van der Waals surface area contributed by atoms with Gasteiger partial charge in [-0.15, -0.1) is 0 Å². The van der Waals surface area contributed by atoms with Gasteiger partial charge in [-0.25, -0.2) is 4.98 Å². The summed E-state index contributed by atoms with van der Waals surface area (Å²) >= 11 is 0. The summed E-state index contributed by atoms with van der Waals surface area (Å²) in [5, 5.41) is 2.98. The quantitative estimate of drug-likeness (QED) is 0.891. The lowest BCUT2D eigenvalue weighted by Gasteiger charge is -2.23. The molecule has 1 aromatic rings. The lowest BCUT2D eigenvalue weighted by atomic mass is 9.88. The maximum atomic E-state index is 12.1. The summed E-state index contributed by atoms with van der Waals surface area (Å²) in [7, 11) is 0. The average molecular weight is 290 g/mol. The molecule has 5 nitrogen and oxygen atoms in total. The predicted octanol–water partition coefficient (Wildman–Crippen LogP) is 1.75. The molecule has 0 saturated carbocycles. The van der Waals surface area contributed by atoms with Gasteiger partial charge in [-0.05, 0) is 44.7 Å². The third-order valence-corrected chi connectivity index (χ3v) is 4.68. The molecule has 0 aromatic carbocycles. The highest BCUT2D eigenvalue weighted by atomic mass is 16.1. The van der Waals surface area contributed by atoms with Crippen LogP contribution in [0.3, 0.4) is 0 Å². The first kappa shape index (κ1) is 14.6. The molecule has 1 fully saturated rings. The minimum atomic E-state index is -0.0353. The van der Waals surface area contributed by atoms with Crippen LogP contribution in [0.5, 0.6) is 0 Å². The molecule has 116 valence electrons. The Labute approximate surface area is 126 Å². The minimum absolute atomic E-state index is 0.0353. The molecular weight excluding hydrogens is 264 g/mol. The summed E-state index contributed by atoms with van der Waals surface area (Å²) in [5.41, 5.74) is 1.67. The lowest BCUT2D eigenvalue weighted by Crippen LogP contribution is -2.33. The standard InChI is InChI=1S/C16H26N4O/c1-11(20-6-4-5-7-20)8-13-18-12-9-16(2,3)10-17-15(21)14(12)19-13/h11H,4-10H2,1-3H3,(H,17,21)(H,18,19). The first-order valence-corrected chi connectivity index (χ1v) is 8.05. The van der Waals surface area contributed by atoms with Crippen molar-refractivity contribution in [1.82, 2.24) is 20.2 Å². The van der Waals surface area contributed by atoms with E-state index in [1.165, 1.54) is 25.9 Å². The van der Waals surface area contributed by atoms with Crippen LogP contribution in [-0.2, 0) is 12.8 Å². The first-order valence-electron chi connectivity index (χ1n) is 8.05. The molecule has 1 atom stereocenters. The maximum Gasteiger partial charge on any atom is 0.271 e. The molecule has 2 aliphatic rings. The summed E-state index contributed by atoms with van der Waals surface area (Å²) in [4.78, 5) is 22.6. The zero-order valence-corrected chi connectivity index (χ0v) is 13.3. The molecular formula is C16H26N4O. The van der Waals surface area contributed by atoms with Crippen LogP contribution in [0.25, 0.3) is 0 Å². The summed E-state index contributed by atoms with van der Waals surface area (Å²) in [5.74, 6) is 0.916. The lowest BCUT2D eigenvalue weighted by molar-refractivity contribution is 0.0940. The van der Waals surface area contributed by atoms with E-state index in [1.54, 1.807) is 0 Å². The zero-order chi connectivity index (χ0) is 15.0. The Balaban J connectivity index is 1.76. The first-order chi connectivity index (χ1) is 9.94. The summed E-state index contributed by atoms with van der Waals surface area (Å²) in [6.45, 7) is 9.69. The van der Waals surface area contributed by atoms with Gasteiger partial charge in [0.05, 0.1) is 0 Å². The number of hydrogen-bond acceptors (Lipinski definition) is 3. The van der Waals surface area contributed by atoms with Gasteiger partial charge in [0.2, 0.25) is 0 Å². The van der Waals surface area contributed by atoms with Crippen molar-refractivity contribution in [3.63, 3.8) is 0 Å². The number of amides is 1. The highest BCUT2D eigenvalue weighted by Crippen LogP contribution is 2.25. The molecule has 1 unspecified atom stereocenters. The van der Waals surface area contributed by atoms with Crippen LogP contribution in [0.15, 0.2) is 0 Å². The fraction of sp³-hybridized carbons (Fsp3) is 0.750. The van der Waals surface area contributed by atoms with E-state index in [9.17, 15) is 4.79 Å². The fourth-order valence-electron chi connectivity index (χ4n) is 3.41. The van der Waals surface area contributed by atoms with E-state index in [0.29, 0.717) is 18.3 Å². The smallest absolute Gasteiger partial charge is 0.271 e. The topological polar surface area (TPSA) is 61.0 Å². The van der Waals surface area contributed by atoms with Crippen LogP contribution in [0, 0.1) is 5.41 Å². The summed E-state index contributed by atoms with van der Waals surface area (Å²) in [6, 6.07) is 0.485. The van der Waals surface area contributed by atoms with E-state index in [0.717, 1.165) is 24.4 Å². The number of H-pyrrole nitrogens is 1. The number of nitrogens with one attached hydrogen (secondary N) is 2. The van der Waals surface area contributed by atoms with E-state index in [-0.39, 0.29) is 11.3 Å². The van der Waals surface area contributed by atoms with Crippen LogP contribution in [0.2, 0.25) is 0 Å². The second-order valence-electron chi connectivity index (χ2n) is 7.33. The van der Waals surface area contributed by atoms with Crippen molar-refractivity contribution in [1.29, 1.82) is 0 Å². The van der Waals surface area contributed by atoms with Gasteiger partial charge in [0, 0.05) is 24.7 Å². The summed E-state index contributed by atoms with van der Waals surface area (Å²) < 4.78 is 0. The van der Waals surface area contributed by atoms with E-state index in [2.05, 4.69) is 41.0 Å². The largest absolute Gasteiger partial charge is 0.350 e. The van der Waals surface area contributed by atoms with E-state index in [1.807, 2.05) is 0 Å². The van der Waals surface area contributed by atoms with Gasteiger partial charge in [0.15, 0.2) is 0 Å². The number of rotatable bonds is 3. The van der Waals surface area contributed by atoms with Gasteiger partial charge < -0.3 is 15.2 Å². The second kappa shape index (κ2) is 5.44. The van der Waals surface area contributed by atoms with Crippen LogP contribution in [-0.4, -0.2) is 46.5 Å². The third-order valence-electron chi connectivity index (χ3n) is 4.68. The zero-order valence-electron chi connectivity index (χ0n) is 13.3. The van der Waals surface area contributed by atoms with Gasteiger partial charge in [-0.3, -0.25) is 4.79 Å². The highest BCUT2D eigenvalue weighted by Gasteiger charge is 2.30. The van der Waals surface area contributed by atoms with Gasteiger partial charge in [-0.2, -0.15) is 0 Å². The number of aromatic amines is 1. The van der Waals surface area contributed by atoms with Crippen LogP contribution < -0.4 is 5.32 Å². The van der Waals surface area contributed by atoms with Gasteiger partial charge in [-0.1, -0.05) is 13.8 Å². The highest BCUT2D eigenvalue weighted by molar-refractivity contribution is 5.93. The molecule has 0 aliphatic carbocycles. The van der Waals surface area contributed by atoms with Gasteiger partial charge in [0.25, 0.3) is 5.91 Å². The number of likely N-dealkylation sites (tertiary alicyclic amines) is 1. The number of carbonyl (C=O) groups is 1. The van der Waals surface area contributed by atoms with Crippen LogP contribution in [0.4, 0.5) is 0 Å². The number of hydrogen-bond donors (Lipinski definition) is 2. The number of nitrogens with zero attached hydrogens (tertiary/aromatic N) is 2. The Morgan fingerprint density at radius 3 is 2.76 bits per heavy atom. The normalized spacial score (nSPS) is 23.5. The Kier molecular flexibility index (Phi) is 3.78. The monoisotopic (exact) mass is 290 g/mol. The molecule has 3 rings (SSSR count). The molecule has 21 heavy (non-hydrogen) atoms. The molecule has 1 amide bonds. The molecule has 1 saturated heterocycles. The molecule has 5 heteroatoms. The molecule has 2 N–H and O–H groups in total. The SMILES string of the molecule is CC(Cc1nc2c([nH]1)CC(C)(C)CNC2=O)N1CCCC1. The van der Waals surface area contributed by atoms with Crippen molar-refractivity contribution in [3.8, 4) is 0 Å². The third kappa shape index (κ3) is 3.12. The Hall–Kier alpha value is -1.36. The van der Waals surface area contributed by atoms with E-state index in [4.69, 9.17) is 0 Å². The molecule has 3 heterocycles. The molecule has 2 aliphatic heterocycles. The van der Waals surface area contributed by atoms with Crippen molar-refractivity contribution >= 4 is 5.91 Å². The van der Waals surface area contributed by atoms with Gasteiger partial charge in [0.1, 0.15) is 11.5 Å². The number of imidazole rings is 1. The molecule has 0 bridgehead atoms. The minimum Gasteiger partial charge on any atom is -0.350 e. The Morgan fingerprint density at radius 2 is 2.05 bits per heavy atom. The summed E-state index contributed by atoms with van der Waals surface area (Å²) in [6.07, 6.45) is 4.36. The van der Waals surface area contributed by atoms with Gasteiger partial charge >= 0.3 is 0 Å². The van der Waals surface area contributed by atoms with Crippen LogP contribution >= 0.6 is 0 Å². The van der Waals surface area contributed by atoms with Crippen molar-refractivity contribution in [3.05, 3.63) is 17.2 Å². The Morgan fingerprint density at radius 1 is 1.33 bits per heavy atom. The molecule has 1 aromatic heterocycles.